The van der Waals surface area contributed by atoms with Crippen LogP contribution in [0.5, 0.6) is 0 Å². The first-order valence-electron chi connectivity index (χ1n) is 2.20. The number of carbonyl (C=O) groups is 2. The third-order valence-electron chi connectivity index (χ3n) is 0.510. The monoisotopic (exact) mass is 141 g/mol. The summed E-state index contributed by atoms with van der Waals surface area (Å²) in [5.74, 6) is -0.447. The summed E-state index contributed by atoms with van der Waals surface area (Å²) in [6.45, 7) is 1.63. The first-order valence-corrected chi connectivity index (χ1v) is 2.20. The topological polar surface area (TPSA) is 55.4 Å². The number of carbonyl (C=O) groups excluding carboxylic acids is 2. The fourth-order valence-corrected chi connectivity index (χ4v) is 0.162. The summed E-state index contributed by atoms with van der Waals surface area (Å²) in [4.78, 5) is 23.6. The van der Waals surface area contributed by atoms with E-state index in [0.717, 1.165) is 0 Å². The van der Waals surface area contributed by atoms with Crippen molar-refractivity contribution >= 4 is 41.9 Å². The van der Waals surface area contributed by atoms with E-state index in [1.807, 2.05) is 0 Å². The van der Waals surface area contributed by atoms with Crippen molar-refractivity contribution in [3.05, 3.63) is 0 Å². The van der Waals surface area contributed by atoms with E-state index in [-0.39, 0.29) is 36.0 Å². The Morgan fingerprint density at radius 3 is 2.67 bits per heavy atom. The molecular weight excluding hydrogens is 133 g/mol. The first-order chi connectivity index (χ1) is 3.81. The fraction of sp³-hybridized carbons (Fsp3) is 0.500. The van der Waals surface area contributed by atoms with Crippen molar-refractivity contribution in [1.29, 1.82) is 0 Å². The predicted octanol–water partition coefficient (Wildman–Crippen LogP) is -1.05. The molecule has 9 heavy (non-hydrogen) atoms. The average molecular weight is 141 g/mol. The van der Waals surface area contributed by atoms with Crippen LogP contribution in [0.1, 0.15) is 13.3 Å². The second-order valence-electron chi connectivity index (χ2n) is 1.06. The Balaban J connectivity index is 0. The molecule has 0 bridgehead atoms. The van der Waals surface area contributed by atoms with Crippen LogP contribution in [0.25, 0.3) is 0 Å². The van der Waals surface area contributed by atoms with Gasteiger partial charge in [0.25, 0.3) is 0 Å². The van der Waals surface area contributed by atoms with Gasteiger partial charge in [0.05, 0.1) is 0 Å². The van der Waals surface area contributed by atoms with E-state index < -0.39 is 5.97 Å². The fourth-order valence-electron chi connectivity index (χ4n) is 0.162. The van der Waals surface area contributed by atoms with Gasteiger partial charge in [0, 0.05) is 6.42 Å². The molecule has 0 spiro atoms. The molecule has 0 unspecified atom stereocenters. The number of hydrogen-bond donors (Lipinski definition) is 1. The molecule has 1 N–H and O–H groups in total. The van der Waals surface area contributed by atoms with Gasteiger partial charge < -0.3 is 4.84 Å². The molecular formula is C4H8NNaO3. The van der Waals surface area contributed by atoms with Crippen molar-refractivity contribution in [1.82, 2.24) is 5.48 Å². The molecule has 0 heterocycles. The molecule has 0 aromatic rings. The van der Waals surface area contributed by atoms with Crippen LogP contribution < -0.4 is 5.48 Å². The van der Waals surface area contributed by atoms with Crippen molar-refractivity contribution in [2.75, 3.05) is 0 Å². The van der Waals surface area contributed by atoms with Gasteiger partial charge in [0.2, 0.25) is 6.41 Å². The van der Waals surface area contributed by atoms with Crippen molar-refractivity contribution < 1.29 is 14.4 Å². The van der Waals surface area contributed by atoms with Gasteiger partial charge >= 0.3 is 35.5 Å². The Labute approximate surface area is 75.2 Å². The Bertz CT molecular complexity index is 95.8. The number of hydroxylamine groups is 1. The second-order valence-corrected chi connectivity index (χ2v) is 1.06. The third-order valence-corrected chi connectivity index (χ3v) is 0.510. The minimum absolute atomic E-state index is 0. The van der Waals surface area contributed by atoms with E-state index >= 15 is 0 Å². The van der Waals surface area contributed by atoms with E-state index in [0.29, 0.717) is 6.41 Å². The summed E-state index contributed by atoms with van der Waals surface area (Å²) in [6, 6.07) is 0. The van der Waals surface area contributed by atoms with Crippen molar-refractivity contribution in [2.45, 2.75) is 13.3 Å². The number of amides is 1. The van der Waals surface area contributed by atoms with Gasteiger partial charge in [-0.1, -0.05) is 6.92 Å². The summed E-state index contributed by atoms with van der Waals surface area (Å²) < 4.78 is 0. The molecule has 0 aliphatic rings. The molecule has 0 fully saturated rings. The number of rotatable bonds is 3. The van der Waals surface area contributed by atoms with Crippen LogP contribution in [0.15, 0.2) is 0 Å². The minimum atomic E-state index is -0.447. The molecule has 5 heteroatoms. The summed E-state index contributed by atoms with van der Waals surface area (Å²) >= 11 is 0. The van der Waals surface area contributed by atoms with E-state index in [4.69, 9.17) is 0 Å². The molecule has 0 atom stereocenters. The van der Waals surface area contributed by atoms with E-state index in [2.05, 4.69) is 4.84 Å². The SMILES string of the molecule is CCC(=O)ONC=O.[NaH]. The van der Waals surface area contributed by atoms with Crippen molar-refractivity contribution in [2.24, 2.45) is 0 Å². The second kappa shape index (κ2) is 7.94. The molecule has 4 nitrogen and oxygen atoms in total. The van der Waals surface area contributed by atoms with Gasteiger partial charge in [-0.3, -0.25) is 4.79 Å². The zero-order valence-electron chi connectivity index (χ0n) is 4.51. The van der Waals surface area contributed by atoms with Crippen LogP contribution in [0.3, 0.4) is 0 Å². The average Bonchev–Trinajstić information content (AvgIpc) is 1.83. The normalized spacial score (nSPS) is 6.78. The van der Waals surface area contributed by atoms with Crippen molar-refractivity contribution in [3.63, 3.8) is 0 Å². The number of nitrogens with one attached hydrogen (secondary N) is 1. The first kappa shape index (κ1) is 11.7. The molecule has 0 rings (SSSR count). The van der Waals surface area contributed by atoms with Crippen LogP contribution in [-0.4, -0.2) is 41.9 Å². The summed E-state index contributed by atoms with van der Waals surface area (Å²) in [7, 11) is 0. The van der Waals surface area contributed by atoms with Crippen LogP contribution in [0, 0.1) is 0 Å². The van der Waals surface area contributed by atoms with Gasteiger partial charge in [0.1, 0.15) is 0 Å². The molecule has 0 aliphatic heterocycles. The molecule has 0 aromatic carbocycles. The van der Waals surface area contributed by atoms with E-state index in [1.165, 1.54) is 0 Å². The zero-order valence-corrected chi connectivity index (χ0v) is 4.51. The predicted molar refractivity (Wildman–Crippen MR) is 32.7 cm³/mol. The van der Waals surface area contributed by atoms with Crippen LogP contribution in [0.4, 0.5) is 0 Å². The van der Waals surface area contributed by atoms with Crippen LogP contribution >= 0.6 is 0 Å². The van der Waals surface area contributed by atoms with Gasteiger partial charge in [0.15, 0.2) is 0 Å². The van der Waals surface area contributed by atoms with Crippen LogP contribution in [0.2, 0.25) is 0 Å². The maximum atomic E-state index is 10.1. The molecule has 1 amide bonds. The van der Waals surface area contributed by atoms with E-state index in [9.17, 15) is 9.59 Å². The molecule has 0 radical (unpaired) electrons. The molecule has 0 aliphatic carbocycles. The quantitative estimate of drug-likeness (QED) is 0.310. The Morgan fingerprint density at radius 2 is 2.33 bits per heavy atom. The van der Waals surface area contributed by atoms with Gasteiger partial charge in [-0.15, -0.1) is 0 Å². The molecule has 0 saturated heterocycles. The summed E-state index contributed by atoms with van der Waals surface area (Å²) in [5.41, 5.74) is 1.77. The molecule has 0 aromatic heterocycles. The Hall–Kier alpha value is -0.0600. The Kier molecular flexibility index (Phi) is 10.3. The summed E-state index contributed by atoms with van der Waals surface area (Å²) in [5, 5.41) is 0. The third kappa shape index (κ3) is 7.94. The maximum absolute atomic E-state index is 10.1. The molecule has 48 valence electrons. The van der Waals surface area contributed by atoms with Crippen molar-refractivity contribution in [3.8, 4) is 0 Å². The summed E-state index contributed by atoms with van der Waals surface area (Å²) in [6.07, 6.45) is 0.564. The number of hydrogen-bond acceptors (Lipinski definition) is 3. The van der Waals surface area contributed by atoms with Gasteiger partial charge in [-0.05, 0) is 0 Å². The van der Waals surface area contributed by atoms with E-state index in [1.54, 1.807) is 12.4 Å². The zero-order chi connectivity index (χ0) is 6.41. The standard InChI is InChI=1S/C4H7NO3.Na.H/c1-2-4(7)8-5-3-6;;/h3H,2H2,1H3,(H,5,6);;. The van der Waals surface area contributed by atoms with Crippen LogP contribution in [-0.2, 0) is 14.4 Å². The van der Waals surface area contributed by atoms with Gasteiger partial charge in [-0.2, -0.15) is 5.48 Å². The van der Waals surface area contributed by atoms with Gasteiger partial charge in [-0.25, -0.2) is 4.79 Å². The Morgan fingerprint density at radius 1 is 1.78 bits per heavy atom. The molecule has 0 saturated carbocycles.